The van der Waals surface area contributed by atoms with E-state index in [1.165, 1.54) is 32.1 Å². The molecule has 0 fully saturated rings. The molecule has 0 rings (SSSR count). The second-order valence-corrected chi connectivity index (χ2v) is 7.44. The summed E-state index contributed by atoms with van der Waals surface area (Å²) < 4.78 is 10.1. The normalized spacial score (nSPS) is 10.8. The van der Waals surface area contributed by atoms with Gasteiger partial charge in [-0.05, 0) is 37.5 Å². The van der Waals surface area contributed by atoms with Crippen LogP contribution in [0.3, 0.4) is 0 Å². The molecular weight excluding hydrogens is 336 g/mol. The number of ether oxygens (including phenoxy) is 2. The van der Waals surface area contributed by atoms with Crippen LogP contribution < -0.4 is 0 Å². The van der Waals surface area contributed by atoms with Gasteiger partial charge in [-0.15, -0.1) is 0 Å². The molecule has 0 N–H and O–H groups in total. The Labute approximate surface area is 171 Å². The molecule has 0 radical (unpaired) electrons. The molecule has 0 amide bonds. The monoisotopic (exact) mass is 386 g/mol. The molecule has 0 saturated heterocycles. The van der Waals surface area contributed by atoms with Crippen LogP contribution in [-0.4, -0.2) is 19.4 Å². The quantitative estimate of drug-likeness (QED) is 0.180. The summed E-state index contributed by atoms with van der Waals surface area (Å²) in [4.78, 5) is 11.4. The Bertz CT molecular complexity index is 351. The zero-order valence-electron chi connectivity index (χ0n) is 16.3. The summed E-state index contributed by atoms with van der Waals surface area (Å²) in [5.41, 5.74) is -0.0135. The molecule has 0 saturated carbocycles. The van der Waals surface area contributed by atoms with Crippen LogP contribution in [0, 0.1) is 5.41 Å². The van der Waals surface area contributed by atoms with Crippen LogP contribution in [0.25, 0.3) is 0 Å². The van der Waals surface area contributed by atoms with Crippen molar-refractivity contribution in [2.45, 2.75) is 108 Å². The maximum Gasteiger partial charge on any atom is 0.508 e. The van der Waals surface area contributed by atoms with E-state index in [0.717, 1.165) is 25.7 Å². The minimum Gasteiger partial charge on any atom is -0.434 e. The lowest BCUT2D eigenvalue weighted by Gasteiger charge is -2.17. The average Bonchev–Trinajstić information content (AvgIpc) is 2.52. The number of carbonyl (C=O) groups is 1. The van der Waals surface area contributed by atoms with Crippen LogP contribution in [0.2, 0.25) is 0 Å². The molecule has 0 aliphatic rings. The Morgan fingerprint density at radius 3 is 1.93 bits per heavy atom. The van der Waals surface area contributed by atoms with Crippen LogP contribution in [0.15, 0.2) is 24.3 Å². The van der Waals surface area contributed by atoms with Crippen molar-refractivity contribution in [1.82, 2.24) is 0 Å². The van der Waals surface area contributed by atoms with Gasteiger partial charge in [0.2, 0.25) is 0 Å². The highest BCUT2D eigenvalue weighted by Crippen LogP contribution is 2.13. The molecule has 27 heavy (non-hydrogen) atoms. The van der Waals surface area contributed by atoms with Crippen molar-refractivity contribution in [1.29, 1.82) is 0 Å². The van der Waals surface area contributed by atoms with E-state index in [0.29, 0.717) is 13.2 Å². The van der Waals surface area contributed by atoms with Crippen LogP contribution in [-0.2, 0) is 9.47 Å². The molecule has 0 heterocycles. The fraction of sp³-hybridized carbons (Fsp3) is 0.792. The molecule has 0 aliphatic heterocycles. The van der Waals surface area contributed by atoms with E-state index >= 15 is 0 Å². The lowest BCUT2D eigenvalue weighted by Crippen LogP contribution is -2.19. The van der Waals surface area contributed by atoms with Crippen LogP contribution in [0.1, 0.15) is 108 Å². The highest BCUT2D eigenvalue weighted by Gasteiger charge is 2.14. The van der Waals surface area contributed by atoms with Gasteiger partial charge in [-0.3, -0.25) is 0 Å². The molecule has 0 spiro atoms. The van der Waals surface area contributed by atoms with Gasteiger partial charge in [-0.2, -0.15) is 0 Å². The summed E-state index contributed by atoms with van der Waals surface area (Å²) in [6, 6.07) is 0. The summed E-state index contributed by atoms with van der Waals surface area (Å²) in [5, 5.41) is 0. The fourth-order valence-corrected chi connectivity index (χ4v) is 2.10. The van der Waals surface area contributed by atoms with Crippen LogP contribution in [0.5, 0.6) is 0 Å². The molecule has 3 nitrogen and oxygen atoms in total. The smallest absolute Gasteiger partial charge is 0.434 e. The third-order valence-electron chi connectivity index (χ3n) is 3.45. The van der Waals surface area contributed by atoms with Gasteiger partial charge in [0.05, 0.1) is 13.2 Å². The van der Waals surface area contributed by atoms with Crippen molar-refractivity contribution in [3.05, 3.63) is 24.3 Å². The standard InChI is InChI=1S/C21H38O3.3CH4/c1-5-6-7-8-9-10-11-12-13-14-15-16-17-18-23-20(22)24-19-21(2,3)4;;;/h6-7,9-10H,5,8,11-19H2,1-4H3;3*1H4/b7-6-,10-9-;;;. The minimum absolute atomic E-state index is 0. The largest absolute Gasteiger partial charge is 0.508 e. The van der Waals surface area contributed by atoms with Gasteiger partial charge in [0.25, 0.3) is 0 Å². The second kappa shape index (κ2) is 22.8. The maximum atomic E-state index is 11.4. The van der Waals surface area contributed by atoms with Gasteiger partial charge < -0.3 is 9.47 Å². The van der Waals surface area contributed by atoms with Crippen LogP contribution in [0.4, 0.5) is 4.79 Å². The Balaban J connectivity index is -0.000000882. The lowest BCUT2D eigenvalue weighted by atomic mass is 9.99. The molecular formula is C24H50O3. The topological polar surface area (TPSA) is 35.5 Å². The molecule has 0 bridgehead atoms. The number of carbonyl (C=O) groups excluding carboxylic acids is 1. The highest BCUT2D eigenvalue weighted by atomic mass is 16.7. The summed E-state index contributed by atoms with van der Waals surface area (Å²) in [7, 11) is 0. The number of rotatable bonds is 13. The van der Waals surface area contributed by atoms with Gasteiger partial charge in [-0.25, -0.2) is 4.79 Å². The average molecular weight is 387 g/mol. The summed E-state index contributed by atoms with van der Waals surface area (Å²) in [5.74, 6) is 0. The molecule has 164 valence electrons. The van der Waals surface area contributed by atoms with Gasteiger partial charge in [0.15, 0.2) is 0 Å². The van der Waals surface area contributed by atoms with Crippen molar-refractivity contribution >= 4 is 6.16 Å². The van der Waals surface area contributed by atoms with Gasteiger partial charge in [-0.1, -0.05) is 100.0 Å². The first kappa shape index (κ1) is 33.3. The molecule has 0 aliphatic carbocycles. The molecule has 0 aromatic rings. The second-order valence-electron chi connectivity index (χ2n) is 7.44. The molecule has 3 heteroatoms. The first-order valence-electron chi connectivity index (χ1n) is 9.55. The van der Waals surface area contributed by atoms with Gasteiger partial charge in [0.1, 0.15) is 0 Å². The van der Waals surface area contributed by atoms with Crippen LogP contribution >= 0.6 is 0 Å². The van der Waals surface area contributed by atoms with Crippen molar-refractivity contribution < 1.29 is 14.3 Å². The third kappa shape index (κ3) is 29.8. The predicted molar refractivity (Wildman–Crippen MR) is 122 cm³/mol. The first-order chi connectivity index (χ1) is 11.5. The summed E-state index contributed by atoms with van der Waals surface area (Å²) in [6.45, 7) is 9.11. The summed E-state index contributed by atoms with van der Waals surface area (Å²) in [6.07, 6.45) is 18.9. The van der Waals surface area contributed by atoms with Gasteiger partial charge >= 0.3 is 6.16 Å². The number of hydrogen-bond acceptors (Lipinski definition) is 3. The Hall–Kier alpha value is -1.25. The van der Waals surface area contributed by atoms with Crippen molar-refractivity contribution in [2.24, 2.45) is 5.41 Å². The number of unbranched alkanes of at least 4 members (excludes halogenated alkanes) is 6. The zero-order chi connectivity index (χ0) is 18.1. The molecule has 0 unspecified atom stereocenters. The van der Waals surface area contributed by atoms with E-state index < -0.39 is 6.16 Å². The predicted octanol–water partition coefficient (Wildman–Crippen LogP) is 8.74. The Morgan fingerprint density at radius 1 is 0.778 bits per heavy atom. The maximum absolute atomic E-state index is 11.4. The highest BCUT2D eigenvalue weighted by molar-refractivity contribution is 5.59. The van der Waals surface area contributed by atoms with E-state index in [1.54, 1.807) is 0 Å². The Kier molecular flexibility index (Phi) is 28.1. The van der Waals surface area contributed by atoms with E-state index in [9.17, 15) is 4.79 Å². The van der Waals surface area contributed by atoms with E-state index in [4.69, 9.17) is 9.47 Å². The van der Waals surface area contributed by atoms with Crippen molar-refractivity contribution in [2.75, 3.05) is 13.2 Å². The summed E-state index contributed by atoms with van der Waals surface area (Å²) >= 11 is 0. The number of allylic oxidation sites excluding steroid dienone is 4. The van der Waals surface area contributed by atoms with Crippen molar-refractivity contribution in [3.8, 4) is 0 Å². The van der Waals surface area contributed by atoms with E-state index in [2.05, 4.69) is 31.2 Å². The number of hydrogen-bond donors (Lipinski definition) is 0. The van der Waals surface area contributed by atoms with Crippen molar-refractivity contribution in [3.63, 3.8) is 0 Å². The molecule has 0 aromatic carbocycles. The third-order valence-corrected chi connectivity index (χ3v) is 3.45. The van der Waals surface area contributed by atoms with E-state index in [-0.39, 0.29) is 27.7 Å². The lowest BCUT2D eigenvalue weighted by molar-refractivity contribution is 0.0323. The Morgan fingerprint density at radius 2 is 1.33 bits per heavy atom. The molecule has 0 aromatic heterocycles. The minimum atomic E-state index is -0.537. The molecule has 0 atom stereocenters. The first-order valence-corrected chi connectivity index (χ1v) is 9.55. The van der Waals surface area contributed by atoms with E-state index in [1.807, 2.05) is 20.8 Å². The van der Waals surface area contributed by atoms with Gasteiger partial charge in [0, 0.05) is 0 Å². The zero-order valence-corrected chi connectivity index (χ0v) is 16.3. The fourth-order valence-electron chi connectivity index (χ4n) is 2.10. The SMILES string of the molecule is C.C.C.CC/C=C\C/C=C\CCCCCCCCOC(=O)OCC(C)(C)C.